The van der Waals surface area contributed by atoms with Gasteiger partial charge in [0.05, 0.1) is 15.4 Å². The molecule has 144 valence electrons. The van der Waals surface area contributed by atoms with Crippen LogP contribution in [0, 0.1) is 10.1 Å². The summed E-state index contributed by atoms with van der Waals surface area (Å²) in [5.41, 5.74) is 0.186. The minimum atomic E-state index is -3.97. The van der Waals surface area contributed by atoms with Crippen LogP contribution in [0.2, 0.25) is 5.02 Å². The van der Waals surface area contributed by atoms with Crippen molar-refractivity contribution in [2.24, 2.45) is 0 Å². The molecule has 8 heteroatoms. The van der Waals surface area contributed by atoms with Crippen LogP contribution >= 0.6 is 11.6 Å². The molecule has 0 radical (unpaired) electrons. The lowest BCUT2D eigenvalue weighted by molar-refractivity contribution is -0.384. The maximum Gasteiger partial charge on any atom is 0.269 e. The van der Waals surface area contributed by atoms with E-state index in [0.29, 0.717) is 10.6 Å². The molecule has 28 heavy (non-hydrogen) atoms. The van der Waals surface area contributed by atoms with Gasteiger partial charge in [-0.2, -0.15) is 4.72 Å². The lowest BCUT2D eigenvalue weighted by Crippen LogP contribution is -2.44. The Balaban J connectivity index is 2.06. The largest absolute Gasteiger partial charge is 0.269 e. The highest BCUT2D eigenvalue weighted by molar-refractivity contribution is 7.89. The summed E-state index contributed by atoms with van der Waals surface area (Å²) in [6.45, 7) is 1.76. The minimum absolute atomic E-state index is 0.0609. The number of nitro benzene ring substituents is 1. The second-order valence-electron chi connectivity index (χ2n) is 6.35. The van der Waals surface area contributed by atoms with Crippen LogP contribution in [-0.2, 0) is 15.6 Å². The van der Waals surface area contributed by atoms with Crippen molar-refractivity contribution in [1.29, 1.82) is 0 Å². The molecule has 0 bridgehead atoms. The van der Waals surface area contributed by atoms with Crippen LogP contribution < -0.4 is 4.72 Å². The molecule has 0 saturated carbocycles. The van der Waals surface area contributed by atoms with E-state index in [2.05, 4.69) is 4.72 Å². The van der Waals surface area contributed by atoms with Gasteiger partial charge in [0, 0.05) is 17.2 Å². The second-order valence-corrected chi connectivity index (χ2v) is 8.47. The highest BCUT2D eigenvalue weighted by atomic mass is 35.5. The first-order valence-electron chi connectivity index (χ1n) is 8.32. The molecule has 0 heterocycles. The Morgan fingerprint density at radius 2 is 1.43 bits per heavy atom. The number of halogens is 1. The van der Waals surface area contributed by atoms with E-state index in [1.54, 1.807) is 31.2 Å². The number of nitrogens with zero attached hydrogens (tertiary/aromatic N) is 1. The van der Waals surface area contributed by atoms with Crippen molar-refractivity contribution in [2.75, 3.05) is 0 Å². The molecule has 3 rings (SSSR count). The summed E-state index contributed by atoms with van der Waals surface area (Å²) in [5, 5.41) is 11.4. The Hall–Kier alpha value is -2.74. The first-order chi connectivity index (χ1) is 13.2. The van der Waals surface area contributed by atoms with E-state index in [-0.39, 0.29) is 10.6 Å². The number of benzene rings is 3. The molecular weight excluding hydrogens is 400 g/mol. The summed E-state index contributed by atoms with van der Waals surface area (Å²) in [6.07, 6.45) is 0. The molecule has 0 aliphatic rings. The molecule has 1 N–H and O–H groups in total. The number of sulfonamides is 1. The third kappa shape index (κ3) is 4.06. The lowest BCUT2D eigenvalue weighted by Gasteiger charge is -2.32. The maximum atomic E-state index is 13.0. The van der Waals surface area contributed by atoms with Crippen molar-refractivity contribution < 1.29 is 13.3 Å². The fourth-order valence-corrected chi connectivity index (χ4v) is 4.43. The molecule has 0 fully saturated rings. The van der Waals surface area contributed by atoms with Gasteiger partial charge in [-0.25, -0.2) is 8.42 Å². The molecule has 0 aliphatic carbocycles. The van der Waals surface area contributed by atoms with E-state index in [1.165, 1.54) is 12.1 Å². The summed E-state index contributed by atoms with van der Waals surface area (Å²) in [4.78, 5) is 10.2. The molecule has 0 aliphatic heterocycles. The zero-order valence-electron chi connectivity index (χ0n) is 14.9. The van der Waals surface area contributed by atoms with E-state index in [4.69, 9.17) is 11.6 Å². The number of nitro groups is 1. The van der Waals surface area contributed by atoms with Gasteiger partial charge in [-0.3, -0.25) is 10.1 Å². The molecule has 3 aromatic carbocycles. The normalized spacial score (nSPS) is 13.6. The highest BCUT2D eigenvalue weighted by Crippen LogP contribution is 2.32. The van der Waals surface area contributed by atoms with Crippen LogP contribution in [0.3, 0.4) is 0 Å². The quantitative estimate of drug-likeness (QED) is 0.473. The van der Waals surface area contributed by atoms with Crippen molar-refractivity contribution in [3.05, 3.63) is 105 Å². The maximum absolute atomic E-state index is 13.0. The van der Waals surface area contributed by atoms with Crippen LogP contribution in [0.1, 0.15) is 18.1 Å². The summed E-state index contributed by atoms with van der Waals surface area (Å²) in [6, 6.07) is 20.8. The van der Waals surface area contributed by atoms with Crippen LogP contribution in [0.5, 0.6) is 0 Å². The molecule has 0 amide bonds. The van der Waals surface area contributed by atoms with Gasteiger partial charge < -0.3 is 0 Å². The molecular formula is C20H17ClN2O4S. The van der Waals surface area contributed by atoms with Gasteiger partial charge in [0.25, 0.3) is 5.69 Å². The summed E-state index contributed by atoms with van der Waals surface area (Å²) in [7, 11) is -3.97. The Morgan fingerprint density at radius 3 is 1.96 bits per heavy atom. The monoisotopic (exact) mass is 416 g/mol. The first kappa shape index (κ1) is 20.0. The molecule has 0 unspecified atom stereocenters. The average Bonchev–Trinajstić information content (AvgIpc) is 2.69. The van der Waals surface area contributed by atoms with E-state index in [0.717, 1.165) is 17.7 Å². The van der Waals surface area contributed by atoms with Crippen molar-refractivity contribution >= 4 is 27.3 Å². The van der Waals surface area contributed by atoms with E-state index in [1.807, 2.05) is 30.3 Å². The van der Waals surface area contributed by atoms with Gasteiger partial charge in [-0.1, -0.05) is 54.1 Å². The van der Waals surface area contributed by atoms with Gasteiger partial charge in [-0.05, 0) is 42.3 Å². The fraction of sp³-hybridized carbons (Fsp3) is 0.100. The van der Waals surface area contributed by atoms with Crippen molar-refractivity contribution in [3.8, 4) is 0 Å². The van der Waals surface area contributed by atoms with E-state index in [9.17, 15) is 18.5 Å². The Morgan fingerprint density at radius 1 is 0.893 bits per heavy atom. The molecule has 0 spiro atoms. The van der Waals surface area contributed by atoms with Crippen LogP contribution in [0.4, 0.5) is 5.69 Å². The Labute approximate surface area is 168 Å². The Kier molecular flexibility index (Phi) is 5.51. The number of non-ortho nitro benzene ring substituents is 1. The topological polar surface area (TPSA) is 89.3 Å². The zero-order valence-corrected chi connectivity index (χ0v) is 16.4. The molecule has 6 nitrogen and oxygen atoms in total. The van der Waals surface area contributed by atoms with Crippen LogP contribution in [0.15, 0.2) is 83.8 Å². The van der Waals surface area contributed by atoms with E-state index >= 15 is 0 Å². The number of nitrogens with one attached hydrogen (secondary N) is 1. The third-order valence-electron chi connectivity index (χ3n) is 4.47. The van der Waals surface area contributed by atoms with Crippen LogP contribution in [-0.4, -0.2) is 13.3 Å². The number of hydrogen-bond acceptors (Lipinski definition) is 4. The third-order valence-corrected chi connectivity index (χ3v) is 6.29. The van der Waals surface area contributed by atoms with Gasteiger partial charge in [-0.15, -0.1) is 0 Å². The molecule has 1 atom stereocenters. The standard InChI is InChI=1S/C20H17ClN2O4S/c1-20(15-5-3-2-4-6-15,16-7-9-17(21)10-8-16)22-28(26,27)19-13-11-18(12-14-19)23(24)25/h2-14,22H,1H3/t20-/m0/s1. The van der Waals surface area contributed by atoms with Crippen molar-refractivity contribution in [3.63, 3.8) is 0 Å². The minimum Gasteiger partial charge on any atom is -0.258 e. The predicted octanol–water partition coefficient (Wildman–Crippen LogP) is 4.49. The zero-order chi connectivity index (χ0) is 20.4. The molecule has 0 aromatic heterocycles. The predicted molar refractivity (Wildman–Crippen MR) is 108 cm³/mol. The van der Waals surface area contributed by atoms with Gasteiger partial charge in [0.1, 0.15) is 0 Å². The SMILES string of the molecule is C[C@](NS(=O)(=O)c1ccc([N+](=O)[O-])cc1)(c1ccccc1)c1ccc(Cl)cc1. The van der Waals surface area contributed by atoms with Gasteiger partial charge in [0.2, 0.25) is 10.0 Å². The number of hydrogen-bond donors (Lipinski definition) is 1. The molecule has 3 aromatic rings. The highest BCUT2D eigenvalue weighted by Gasteiger charge is 2.34. The van der Waals surface area contributed by atoms with Gasteiger partial charge in [0.15, 0.2) is 0 Å². The van der Waals surface area contributed by atoms with Gasteiger partial charge >= 0.3 is 0 Å². The average molecular weight is 417 g/mol. The lowest BCUT2D eigenvalue weighted by atomic mass is 9.86. The van der Waals surface area contributed by atoms with Crippen molar-refractivity contribution in [2.45, 2.75) is 17.4 Å². The molecule has 0 saturated heterocycles. The second kappa shape index (κ2) is 7.71. The van der Waals surface area contributed by atoms with Crippen LogP contribution in [0.25, 0.3) is 0 Å². The fourth-order valence-electron chi connectivity index (χ4n) is 2.91. The Bertz CT molecular complexity index is 1090. The summed E-state index contributed by atoms with van der Waals surface area (Å²) in [5.74, 6) is 0. The summed E-state index contributed by atoms with van der Waals surface area (Å²) < 4.78 is 28.8. The van der Waals surface area contributed by atoms with E-state index < -0.39 is 20.5 Å². The smallest absolute Gasteiger partial charge is 0.258 e. The number of rotatable bonds is 6. The summed E-state index contributed by atoms with van der Waals surface area (Å²) >= 11 is 5.98. The first-order valence-corrected chi connectivity index (χ1v) is 10.2. The van der Waals surface area contributed by atoms with Crippen molar-refractivity contribution in [1.82, 2.24) is 4.72 Å².